The van der Waals surface area contributed by atoms with Crippen molar-refractivity contribution in [1.29, 1.82) is 0 Å². The van der Waals surface area contributed by atoms with Crippen LogP contribution < -0.4 is 0 Å². The van der Waals surface area contributed by atoms with Crippen molar-refractivity contribution in [3.63, 3.8) is 0 Å². The zero-order valence-electron chi connectivity index (χ0n) is 18.7. The Morgan fingerprint density at radius 2 is 1.79 bits per heavy atom. The van der Waals surface area contributed by atoms with E-state index in [2.05, 4.69) is 5.16 Å². The standard InChI is InChI=1S/C25H30ClNO6/c1-14(27-32-13-16-3-4-16)17-7-5-15(6-8-17)11-19-12-18(9-10-20(19)26)24-22(29)21(28)23(30)25(31-2)33-24/h5-10,12,16,21-25,28-30H,3-4,11,13H2,1-2H3/t21-,22-,23+,24+,25+/m1/s1. The highest BCUT2D eigenvalue weighted by molar-refractivity contribution is 6.31. The predicted molar refractivity (Wildman–Crippen MR) is 124 cm³/mol. The molecule has 1 aliphatic carbocycles. The fourth-order valence-electron chi connectivity index (χ4n) is 3.89. The van der Waals surface area contributed by atoms with E-state index in [0.29, 0.717) is 29.5 Å². The van der Waals surface area contributed by atoms with Gasteiger partial charge in [0.05, 0.1) is 5.71 Å². The quantitative estimate of drug-likeness (QED) is 0.400. The first-order valence-corrected chi connectivity index (χ1v) is 11.5. The van der Waals surface area contributed by atoms with Crippen LogP contribution in [0, 0.1) is 5.92 Å². The zero-order valence-corrected chi connectivity index (χ0v) is 19.5. The number of halogens is 1. The van der Waals surface area contributed by atoms with Gasteiger partial charge in [-0.15, -0.1) is 0 Å². The van der Waals surface area contributed by atoms with Crippen LogP contribution >= 0.6 is 11.6 Å². The molecule has 0 amide bonds. The van der Waals surface area contributed by atoms with E-state index in [0.717, 1.165) is 22.4 Å². The first kappa shape index (κ1) is 24.1. The Labute approximate surface area is 198 Å². The molecule has 0 aromatic heterocycles. The Kier molecular flexibility index (Phi) is 7.69. The number of methoxy groups -OCH3 is 1. The van der Waals surface area contributed by atoms with Gasteiger partial charge in [-0.2, -0.15) is 0 Å². The molecule has 0 radical (unpaired) electrons. The molecule has 0 bridgehead atoms. The molecule has 3 N–H and O–H groups in total. The molecule has 0 spiro atoms. The summed E-state index contributed by atoms with van der Waals surface area (Å²) in [5, 5.41) is 35.4. The lowest BCUT2D eigenvalue weighted by Gasteiger charge is -2.40. The number of rotatable bonds is 8. The molecule has 0 unspecified atom stereocenters. The third kappa shape index (κ3) is 5.74. The minimum Gasteiger partial charge on any atom is -0.395 e. The number of nitrogens with zero attached hydrogens (tertiary/aromatic N) is 1. The van der Waals surface area contributed by atoms with E-state index in [1.54, 1.807) is 12.1 Å². The van der Waals surface area contributed by atoms with E-state index < -0.39 is 30.7 Å². The van der Waals surface area contributed by atoms with Gasteiger partial charge in [-0.25, -0.2) is 0 Å². The van der Waals surface area contributed by atoms with Gasteiger partial charge >= 0.3 is 0 Å². The van der Waals surface area contributed by atoms with Gasteiger partial charge in [0.1, 0.15) is 31.0 Å². The molecular formula is C25H30ClNO6. The molecule has 1 saturated carbocycles. The predicted octanol–water partition coefficient (Wildman–Crippen LogP) is 3.21. The van der Waals surface area contributed by atoms with Crippen molar-refractivity contribution in [3.8, 4) is 0 Å². The van der Waals surface area contributed by atoms with Crippen LogP contribution in [-0.2, 0) is 20.7 Å². The number of hydrogen-bond acceptors (Lipinski definition) is 7. The Bertz CT molecular complexity index is 975. The summed E-state index contributed by atoms with van der Waals surface area (Å²) in [6.07, 6.45) is -2.90. The molecule has 5 atom stereocenters. The molecule has 1 aliphatic heterocycles. The monoisotopic (exact) mass is 475 g/mol. The maximum atomic E-state index is 10.5. The Balaban J connectivity index is 1.46. The van der Waals surface area contributed by atoms with Crippen molar-refractivity contribution < 1.29 is 29.6 Å². The number of ether oxygens (including phenoxy) is 2. The summed E-state index contributed by atoms with van der Waals surface area (Å²) >= 11 is 6.45. The second-order valence-electron chi connectivity index (χ2n) is 8.77. The maximum Gasteiger partial charge on any atom is 0.186 e. The van der Waals surface area contributed by atoms with Crippen LogP contribution in [0.1, 0.15) is 48.1 Å². The molecule has 2 fully saturated rings. The van der Waals surface area contributed by atoms with E-state index in [-0.39, 0.29) is 0 Å². The molecule has 2 aromatic carbocycles. The minimum absolute atomic E-state index is 0.572. The molecule has 178 valence electrons. The van der Waals surface area contributed by atoms with E-state index in [1.807, 2.05) is 37.3 Å². The molecular weight excluding hydrogens is 446 g/mol. The highest BCUT2D eigenvalue weighted by atomic mass is 35.5. The first-order chi connectivity index (χ1) is 15.9. The van der Waals surface area contributed by atoms with Gasteiger partial charge in [0.2, 0.25) is 0 Å². The van der Waals surface area contributed by atoms with Gasteiger partial charge in [0, 0.05) is 12.1 Å². The summed E-state index contributed by atoms with van der Waals surface area (Å²) in [7, 11) is 1.37. The van der Waals surface area contributed by atoms with Crippen LogP contribution in [0.5, 0.6) is 0 Å². The van der Waals surface area contributed by atoms with Crippen LogP contribution in [-0.4, -0.2) is 59.3 Å². The van der Waals surface area contributed by atoms with Crippen LogP contribution in [0.25, 0.3) is 0 Å². The lowest BCUT2D eigenvalue weighted by atomic mass is 9.92. The second kappa shape index (κ2) is 10.5. The number of aliphatic hydroxyl groups excluding tert-OH is 3. The lowest BCUT2D eigenvalue weighted by Crippen LogP contribution is -2.54. The SMILES string of the molecule is CO[C@H]1O[C@@H](c2ccc(Cl)c(Cc3ccc(C(C)=NOCC4CC4)cc3)c2)[C@H](O)[C@@H](O)[C@@H]1O. The second-order valence-corrected chi connectivity index (χ2v) is 9.18. The van der Waals surface area contributed by atoms with Gasteiger partial charge in [-0.1, -0.05) is 53.2 Å². The van der Waals surface area contributed by atoms with E-state index >= 15 is 0 Å². The molecule has 7 nitrogen and oxygen atoms in total. The Hall–Kier alpha value is -2.00. The fourth-order valence-corrected chi connectivity index (χ4v) is 4.07. The van der Waals surface area contributed by atoms with Crippen molar-refractivity contribution >= 4 is 17.3 Å². The summed E-state index contributed by atoms with van der Waals surface area (Å²) in [6.45, 7) is 2.61. The van der Waals surface area contributed by atoms with Crippen molar-refractivity contribution in [2.45, 2.75) is 56.9 Å². The zero-order chi connectivity index (χ0) is 23.5. The summed E-state index contributed by atoms with van der Waals surface area (Å²) in [6, 6.07) is 13.4. The van der Waals surface area contributed by atoms with Crippen molar-refractivity contribution in [3.05, 3.63) is 69.7 Å². The number of benzene rings is 2. The van der Waals surface area contributed by atoms with Crippen LogP contribution in [0.3, 0.4) is 0 Å². The summed E-state index contributed by atoms with van der Waals surface area (Å²) < 4.78 is 10.8. The highest BCUT2D eigenvalue weighted by Gasteiger charge is 2.44. The molecule has 8 heteroatoms. The van der Waals surface area contributed by atoms with Crippen LogP contribution in [0.2, 0.25) is 5.02 Å². The molecule has 1 heterocycles. The first-order valence-electron chi connectivity index (χ1n) is 11.1. The minimum atomic E-state index is -1.39. The average molecular weight is 476 g/mol. The Morgan fingerprint density at radius 3 is 2.45 bits per heavy atom. The largest absolute Gasteiger partial charge is 0.395 e. The average Bonchev–Trinajstić information content (AvgIpc) is 3.64. The molecule has 2 aliphatic rings. The van der Waals surface area contributed by atoms with E-state index in [1.165, 1.54) is 20.0 Å². The summed E-state index contributed by atoms with van der Waals surface area (Å²) in [5.74, 6) is 0.665. The van der Waals surface area contributed by atoms with E-state index in [4.69, 9.17) is 25.9 Å². The summed E-state index contributed by atoms with van der Waals surface area (Å²) in [5.41, 5.74) is 4.37. The third-order valence-corrected chi connectivity index (χ3v) is 6.54. The lowest BCUT2D eigenvalue weighted by molar-refractivity contribution is -0.292. The topological polar surface area (TPSA) is 101 Å². The van der Waals surface area contributed by atoms with Crippen LogP contribution in [0.15, 0.2) is 47.6 Å². The van der Waals surface area contributed by atoms with Gasteiger partial charge in [-0.05, 0) is 60.4 Å². The number of aliphatic hydroxyl groups is 3. The van der Waals surface area contributed by atoms with Gasteiger partial charge in [-0.3, -0.25) is 0 Å². The third-order valence-electron chi connectivity index (χ3n) is 6.18. The molecule has 4 rings (SSSR count). The maximum absolute atomic E-state index is 10.5. The molecule has 2 aromatic rings. The van der Waals surface area contributed by atoms with Gasteiger partial charge in [0.15, 0.2) is 6.29 Å². The van der Waals surface area contributed by atoms with E-state index in [9.17, 15) is 15.3 Å². The van der Waals surface area contributed by atoms with Crippen molar-refractivity contribution in [2.75, 3.05) is 13.7 Å². The number of hydrogen-bond donors (Lipinski definition) is 3. The van der Waals surface area contributed by atoms with Gasteiger partial charge < -0.3 is 29.6 Å². The molecule has 33 heavy (non-hydrogen) atoms. The Morgan fingerprint density at radius 1 is 1.06 bits per heavy atom. The highest BCUT2D eigenvalue weighted by Crippen LogP contribution is 2.34. The van der Waals surface area contributed by atoms with Crippen molar-refractivity contribution in [2.24, 2.45) is 11.1 Å². The van der Waals surface area contributed by atoms with Gasteiger partial charge in [0.25, 0.3) is 0 Å². The van der Waals surface area contributed by atoms with Crippen LogP contribution in [0.4, 0.5) is 0 Å². The van der Waals surface area contributed by atoms with Crippen molar-refractivity contribution in [1.82, 2.24) is 0 Å². The fraction of sp³-hybridized carbons (Fsp3) is 0.480. The molecule has 1 saturated heterocycles. The smallest absolute Gasteiger partial charge is 0.186 e. The normalized spacial score (nSPS) is 28.1. The number of oxime groups is 1. The summed E-state index contributed by atoms with van der Waals surface area (Å²) in [4.78, 5) is 5.42.